The number of hydrogen-bond acceptors (Lipinski definition) is 5. The molecular formula is C13H10BrClO5. The van der Waals surface area contributed by atoms with Gasteiger partial charge in [0.25, 0.3) is 0 Å². The quantitative estimate of drug-likeness (QED) is 0.457. The Labute approximate surface area is 128 Å². The van der Waals surface area contributed by atoms with E-state index in [1.54, 1.807) is 19.1 Å². The van der Waals surface area contributed by atoms with Gasteiger partial charge in [0.1, 0.15) is 0 Å². The largest absolute Gasteiger partial charge is 0.373 e. The topological polar surface area (TPSA) is 85.3 Å². The lowest BCUT2D eigenvalue weighted by Gasteiger charge is -2.03. The predicted molar refractivity (Wildman–Crippen MR) is 73.4 cm³/mol. The summed E-state index contributed by atoms with van der Waals surface area (Å²) in [5, 5.41) is 0.265. The van der Waals surface area contributed by atoms with Crippen LogP contribution in [-0.4, -0.2) is 23.5 Å². The van der Waals surface area contributed by atoms with E-state index in [9.17, 15) is 14.4 Å². The van der Waals surface area contributed by atoms with E-state index in [-0.39, 0.29) is 23.2 Å². The van der Waals surface area contributed by atoms with Gasteiger partial charge >= 0.3 is 6.15 Å². The molecule has 0 saturated heterocycles. The molecule has 0 amide bonds. The Morgan fingerprint density at radius 2 is 1.75 bits per heavy atom. The molecule has 1 aromatic rings. The minimum Gasteiger partial charge on any atom is -0.294 e. The molecule has 0 aliphatic carbocycles. The highest BCUT2D eigenvalue weighted by molar-refractivity contribution is 9.10. The molecule has 0 aliphatic rings. The average molecular weight is 362 g/mol. The molecule has 7 heteroatoms. The van der Waals surface area contributed by atoms with Crippen molar-refractivity contribution in [1.29, 1.82) is 0 Å². The van der Waals surface area contributed by atoms with Crippen LogP contribution < -0.4 is 0 Å². The molecule has 0 heterocycles. The Balaban J connectivity index is 0.00000110. The smallest absolute Gasteiger partial charge is 0.294 e. The van der Waals surface area contributed by atoms with Crippen LogP contribution in [0.2, 0.25) is 5.02 Å². The summed E-state index contributed by atoms with van der Waals surface area (Å²) in [5.74, 6) is -1.64. The van der Waals surface area contributed by atoms with E-state index in [0.717, 1.165) is 4.47 Å². The standard InChI is InChI=1S/C12H10BrClO3.CO2/c1-2-10(15)12(17)6-11(16)8-4-3-7(13)5-9(8)14;2-1-3/h3-5H,2,6H2,1H3;. The van der Waals surface area contributed by atoms with Gasteiger partial charge in [0, 0.05) is 16.5 Å². The molecule has 0 unspecified atom stereocenters. The molecule has 0 atom stereocenters. The van der Waals surface area contributed by atoms with Crippen LogP contribution in [0.3, 0.4) is 0 Å². The minimum atomic E-state index is -0.670. The molecule has 0 bridgehead atoms. The summed E-state index contributed by atoms with van der Waals surface area (Å²) in [6, 6.07) is 4.75. The third-order valence-corrected chi connectivity index (χ3v) is 2.99. The monoisotopic (exact) mass is 360 g/mol. The molecule has 0 aliphatic heterocycles. The summed E-state index contributed by atoms with van der Waals surface area (Å²) in [7, 11) is 0. The average Bonchev–Trinajstić information content (AvgIpc) is 2.38. The molecule has 0 radical (unpaired) electrons. The molecule has 1 rings (SSSR count). The van der Waals surface area contributed by atoms with E-state index in [0.29, 0.717) is 0 Å². The van der Waals surface area contributed by atoms with Crippen LogP contribution in [-0.2, 0) is 19.2 Å². The van der Waals surface area contributed by atoms with Crippen LogP contribution in [0.15, 0.2) is 22.7 Å². The van der Waals surface area contributed by atoms with Crippen molar-refractivity contribution in [2.75, 3.05) is 0 Å². The molecule has 1 aromatic carbocycles. The zero-order valence-electron chi connectivity index (χ0n) is 10.4. The maximum absolute atomic E-state index is 11.7. The van der Waals surface area contributed by atoms with Gasteiger partial charge in [-0.1, -0.05) is 34.5 Å². The Hall–Kier alpha value is -1.62. The van der Waals surface area contributed by atoms with Crippen molar-refractivity contribution in [3.05, 3.63) is 33.3 Å². The van der Waals surface area contributed by atoms with E-state index in [1.165, 1.54) is 6.07 Å². The predicted octanol–water partition coefficient (Wildman–Crippen LogP) is 2.64. The fraction of sp³-hybridized carbons (Fsp3) is 0.231. The molecule has 0 aromatic heterocycles. The SMILES string of the molecule is CCC(=O)C(=O)CC(=O)c1ccc(Br)cc1Cl.O=C=O. The Morgan fingerprint density at radius 1 is 1.20 bits per heavy atom. The summed E-state index contributed by atoms with van der Waals surface area (Å²) in [5.41, 5.74) is 0.257. The Morgan fingerprint density at radius 3 is 2.20 bits per heavy atom. The summed E-state index contributed by atoms with van der Waals surface area (Å²) in [6.45, 7) is 1.58. The minimum absolute atomic E-state index is 0.111. The molecule has 0 fully saturated rings. The normalized spacial score (nSPS) is 8.95. The van der Waals surface area contributed by atoms with Crippen molar-refractivity contribution in [3.8, 4) is 0 Å². The van der Waals surface area contributed by atoms with Crippen LogP contribution >= 0.6 is 27.5 Å². The van der Waals surface area contributed by atoms with Gasteiger partial charge in [0.05, 0.1) is 11.4 Å². The highest BCUT2D eigenvalue weighted by Gasteiger charge is 2.18. The number of hydrogen-bond donors (Lipinski definition) is 0. The highest BCUT2D eigenvalue weighted by Crippen LogP contribution is 2.22. The Bertz CT molecular complexity index is 562. The molecule has 0 N–H and O–H groups in total. The molecule has 0 saturated carbocycles. The van der Waals surface area contributed by atoms with Crippen LogP contribution in [0.1, 0.15) is 30.1 Å². The van der Waals surface area contributed by atoms with Gasteiger partial charge in [0.15, 0.2) is 11.6 Å². The summed E-state index contributed by atoms with van der Waals surface area (Å²) in [4.78, 5) is 50.4. The lowest BCUT2D eigenvalue weighted by atomic mass is 10.0. The lowest BCUT2D eigenvalue weighted by Crippen LogP contribution is -2.17. The fourth-order valence-electron chi connectivity index (χ4n) is 1.25. The van der Waals surface area contributed by atoms with Crippen LogP contribution in [0.25, 0.3) is 0 Å². The van der Waals surface area contributed by atoms with E-state index in [2.05, 4.69) is 15.9 Å². The zero-order valence-corrected chi connectivity index (χ0v) is 12.8. The number of carbonyl (C=O) groups is 3. The number of Topliss-reactive ketones (excluding diaryl/α,β-unsaturated/α-hetero) is 3. The summed E-state index contributed by atoms with van der Waals surface area (Å²) >= 11 is 9.09. The van der Waals surface area contributed by atoms with Gasteiger partial charge in [0.2, 0.25) is 5.78 Å². The fourth-order valence-corrected chi connectivity index (χ4v) is 2.03. The van der Waals surface area contributed by atoms with Crippen LogP contribution in [0.5, 0.6) is 0 Å². The van der Waals surface area contributed by atoms with Gasteiger partial charge in [-0.25, -0.2) is 0 Å². The van der Waals surface area contributed by atoms with Crippen molar-refractivity contribution in [1.82, 2.24) is 0 Å². The van der Waals surface area contributed by atoms with Crippen molar-refractivity contribution in [2.24, 2.45) is 0 Å². The highest BCUT2D eigenvalue weighted by atomic mass is 79.9. The van der Waals surface area contributed by atoms with Crippen molar-refractivity contribution in [3.63, 3.8) is 0 Å². The number of rotatable bonds is 5. The van der Waals surface area contributed by atoms with E-state index >= 15 is 0 Å². The Kier molecular flexibility index (Phi) is 8.56. The van der Waals surface area contributed by atoms with Crippen molar-refractivity contribution < 1.29 is 24.0 Å². The molecule has 5 nitrogen and oxygen atoms in total. The molecule has 0 spiro atoms. The molecular weight excluding hydrogens is 351 g/mol. The third kappa shape index (κ3) is 6.02. The number of ketones is 3. The van der Waals surface area contributed by atoms with Crippen molar-refractivity contribution in [2.45, 2.75) is 19.8 Å². The van der Waals surface area contributed by atoms with Gasteiger partial charge < -0.3 is 0 Å². The van der Waals surface area contributed by atoms with Gasteiger partial charge in [-0.2, -0.15) is 9.59 Å². The second-order valence-corrected chi connectivity index (χ2v) is 4.83. The molecule has 106 valence electrons. The molecule has 20 heavy (non-hydrogen) atoms. The third-order valence-electron chi connectivity index (χ3n) is 2.18. The number of benzene rings is 1. The first-order valence-corrected chi connectivity index (χ1v) is 6.58. The number of halogens is 2. The van der Waals surface area contributed by atoms with Gasteiger partial charge in [-0.05, 0) is 18.2 Å². The summed E-state index contributed by atoms with van der Waals surface area (Å²) < 4.78 is 0.745. The first-order chi connectivity index (χ1) is 9.37. The van der Waals surface area contributed by atoms with Gasteiger partial charge in [-0.3, -0.25) is 14.4 Å². The van der Waals surface area contributed by atoms with Crippen LogP contribution in [0, 0.1) is 0 Å². The lowest BCUT2D eigenvalue weighted by molar-refractivity contribution is -0.191. The summed E-state index contributed by atoms with van der Waals surface area (Å²) in [6.07, 6.45) is -0.0613. The first-order valence-electron chi connectivity index (χ1n) is 5.40. The maximum atomic E-state index is 11.7. The van der Waals surface area contributed by atoms with Gasteiger partial charge in [-0.15, -0.1) is 0 Å². The number of carbonyl (C=O) groups excluding carboxylic acids is 5. The van der Waals surface area contributed by atoms with E-state index in [1.807, 2.05) is 0 Å². The maximum Gasteiger partial charge on any atom is 0.373 e. The van der Waals surface area contributed by atoms with E-state index in [4.69, 9.17) is 21.2 Å². The zero-order chi connectivity index (χ0) is 15.7. The second-order valence-electron chi connectivity index (χ2n) is 3.51. The second kappa shape index (κ2) is 9.31. The first kappa shape index (κ1) is 18.4. The van der Waals surface area contributed by atoms with Crippen molar-refractivity contribution >= 4 is 51.0 Å². The van der Waals surface area contributed by atoms with Crippen LogP contribution in [0.4, 0.5) is 0 Å². The van der Waals surface area contributed by atoms with E-state index < -0.39 is 23.8 Å².